The number of carbonyl (C=O) groups excluding carboxylic acids is 1. The molecule has 29 heavy (non-hydrogen) atoms. The molecule has 0 aliphatic rings. The number of carbonyl (C=O) groups is 1. The topological polar surface area (TPSA) is 92.7 Å². The number of aromatic nitrogens is 4. The number of aromatic amines is 1. The van der Waals surface area contributed by atoms with Crippen LogP contribution in [0.5, 0.6) is 0 Å². The zero-order chi connectivity index (χ0) is 20.4. The number of fused-ring (bicyclic) bond motifs is 1. The largest absolute Gasteiger partial charge is 0.311 e. The first-order chi connectivity index (χ1) is 14.0. The summed E-state index contributed by atoms with van der Waals surface area (Å²) < 4.78 is 1.62. The van der Waals surface area contributed by atoms with E-state index in [-0.39, 0.29) is 17.9 Å². The summed E-state index contributed by atoms with van der Waals surface area (Å²) in [6, 6.07) is 14.1. The second-order valence-corrected chi connectivity index (χ2v) is 7.14. The van der Waals surface area contributed by atoms with Crippen LogP contribution in [0.15, 0.2) is 59.5 Å². The Hall–Kier alpha value is -3.16. The summed E-state index contributed by atoms with van der Waals surface area (Å²) in [4.78, 5) is 24.5. The first kappa shape index (κ1) is 19.2. The van der Waals surface area contributed by atoms with E-state index in [0.717, 1.165) is 5.56 Å². The van der Waals surface area contributed by atoms with Crippen molar-refractivity contribution < 1.29 is 4.79 Å². The number of rotatable bonds is 5. The van der Waals surface area contributed by atoms with Crippen LogP contribution in [0.4, 0.5) is 5.82 Å². The molecule has 1 amide bonds. The van der Waals surface area contributed by atoms with Gasteiger partial charge in [0.2, 0.25) is 5.91 Å². The van der Waals surface area contributed by atoms with Crippen LogP contribution in [0.1, 0.15) is 11.3 Å². The quantitative estimate of drug-likeness (QED) is 0.508. The number of nitrogens with zero attached hydrogens (tertiary/aromatic N) is 3. The molecular formula is C20H15Cl2N5O2. The summed E-state index contributed by atoms with van der Waals surface area (Å²) in [6.45, 7) is 0.349. The van der Waals surface area contributed by atoms with Gasteiger partial charge in [0.1, 0.15) is 5.82 Å². The summed E-state index contributed by atoms with van der Waals surface area (Å²) >= 11 is 12.3. The molecule has 0 atom stereocenters. The maximum atomic E-state index is 12.6. The van der Waals surface area contributed by atoms with Crippen molar-refractivity contribution in [2.24, 2.45) is 0 Å². The van der Waals surface area contributed by atoms with E-state index in [1.807, 2.05) is 6.07 Å². The van der Waals surface area contributed by atoms with E-state index < -0.39 is 0 Å². The van der Waals surface area contributed by atoms with Gasteiger partial charge < -0.3 is 5.32 Å². The first-order valence-corrected chi connectivity index (χ1v) is 9.49. The van der Waals surface area contributed by atoms with Gasteiger partial charge in [-0.05, 0) is 17.7 Å². The van der Waals surface area contributed by atoms with Gasteiger partial charge in [-0.1, -0.05) is 53.5 Å². The minimum Gasteiger partial charge on any atom is -0.311 e. The summed E-state index contributed by atoms with van der Waals surface area (Å²) in [5, 5.41) is 15.6. The van der Waals surface area contributed by atoms with Gasteiger partial charge in [-0.2, -0.15) is 10.2 Å². The van der Waals surface area contributed by atoms with E-state index in [4.69, 9.17) is 23.2 Å². The molecule has 2 N–H and O–H groups in total. The van der Waals surface area contributed by atoms with Gasteiger partial charge in [-0.15, -0.1) is 0 Å². The molecule has 0 fully saturated rings. The lowest BCUT2D eigenvalue weighted by atomic mass is 10.1. The fourth-order valence-electron chi connectivity index (χ4n) is 3.04. The predicted octanol–water partition coefficient (Wildman–Crippen LogP) is 3.66. The smallest absolute Gasteiger partial charge is 0.272 e. The molecule has 0 aliphatic carbocycles. The average Bonchev–Trinajstić information content (AvgIpc) is 3.14. The Kier molecular flexibility index (Phi) is 5.33. The highest BCUT2D eigenvalue weighted by molar-refractivity contribution is 6.42. The Morgan fingerprint density at radius 1 is 1.07 bits per heavy atom. The van der Waals surface area contributed by atoms with Gasteiger partial charge in [-0.25, -0.2) is 9.78 Å². The van der Waals surface area contributed by atoms with Crippen LogP contribution in [0.2, 0.25) is 10.0 Å². The van der Waals surface area contributed by atoms with Gasteiger partial charge in [0, 0.05) is 11.5 Å². The fraction of sp³-hybridized carbons (Fsp3) is 0.100. The molecular weight excluding hydrogens is 413 g/mol. The van der Waals surface area contributed by atoms with E-state index in [9.17, 15) is 9.59 Å². The Labute approximate surface area is 175 Å². The normalized spacial score (nSPS) is 11.0. The standard InChI is InChI=1S/C20H15Cl2N5O2/c21-15-7-3-4-12(19(15)22)11-27-17(8-9-23-27)24-18(28)10-16-13-5-1-2-6-14(13)20(29)26-25-16/h1-9H,10-11H2,(H,24,28)(H,26,29). The molecule has 2 aromatic heterocycles. The van der Waals surface area contributed by atoms with Crippen LogP contribution in [0.3, 0.4) is 0 Å². The van der Waals surface area contributed by atoms with Gasteiger partial charge in [0.25, 0.3) is 5.56 Å². The fourth-order valence-corrected chi connectivity index (χ4v) is 3.42. The molecule has 0 radical (unpaired) electrons. The van der Waals surface area contributed by atoms with Crippen molar-refractivity contribution in [3.63, 3.8) is 0 Å². The zero-order valence-corrected chi connectivity index (χ0v) is 16.5. The van der Waals surface area contributed by atoms with Crippen LogP contribution in [0.25, 0.3) is 10.8 Å². The Balaban J connectivity index is 1.54. The van der Waals surface area contributed by atoms with E-state index in [2.05, 4.69) is 20.6 Å². The highest BCUT2D eigenvalue weighted by atomic mass is 35.5. The molecule has 0 saturated heterocycles. The lowest BCUT2D eigenvalue weighted by Crippen LogP contribution is -2.20. The van der Waals surface area contributed by atoms with Crippen molar-refractivity contribution in [1.82, 2.24) is 20.0 Å². The summed E-state index contributed by atoms with van der Waals surface area (Å²) in [7, 11) is 0. The van der Waals surface area contributed by atoms with E-state index >= 15 is 0 Å². The molecule has 9 heteroatoms. The Bertz CT molecular complexity index is 1270. The van der Waals surface area contributed by atoms with Gasteiger partial charge >= 0.3 is 0 Å². The number of halogens is 2. The molecule has 0 unspecified atom stereocenters. The maximum absolute atomic E-state index is 12.6. The molecule has 2 aromatic carbocycles. The van der Waals surface area contributed by atoms with Crippen molar-refractivity contribution in [2.75, 3.05) is 5.32 Å². The van der Waals surface area contributed by atoms with Gasteiger partial charge in [0.05, 0.1) is 40.3 Å². The van der Waals surface area contributed by atoms with Crippen molar-refractivity contribution in [2.45, 2.75) is 13.0 Å². The number of hydrogen-bond donors (Lipinski definition) is 2. The molecule has 0 aliphatic heterocycles. The Morgan fingerprint density at radius 2 is 1.86 bits per heavy atom. The molecule has 0 saturated carbocycles. The third-order valence-corrected chi connectivity index (χ3v) is 5.30. The molecule has 0 spiro atoms. The molecule has 146 valence electrons. The van der Waals surface area contributed by atoms with Crippen LogP contribution >= 0.6 is 23.2 Å². The maximum Gasteiger partial charge on any atom is 0.272 e. The highest BCUT2D eigenvalue weighted by Gasteiger charge is 2.14. The van der Waals surface area contributed by atoms with Crippen molar-refractivity contribution in [1.29, 1.82) is 0 Å². The van der Waals surface area contributed by atoms with Crippen molar-refractivity contribution >= 4 is 45.7 Å². The van der Waals surface area contributed by atoms with Crippen molar-refractivity contribution in [3.05, 3.63) is 86.4 Å². The first-order valence-electron chi connectivity index (χ1n) is 8.74. The average molecular weight is 428 g/mol. The van der Waals surface area contributed by atoms with E-state index in [1.165, 1.54) is 0 Å². The molecule has 7 nitrogen and oxygen atoms in total. The van der Waals surface area contributed by atoms with E-state index in [1.54, 1.807) is 53.3 Å². The summed E-state index contributed by atoms with van der Waals surface area (Å²) in [5.41, 5.74) is 0.981. The van der Waals surface area contributed by atoms with Crippen LogP contribution in [-0.2, 0) is 17.8 Å². The Morgan fingerprint density at radius 3 is 2.69 bits per heavy atom. The summed E-state index contributed by atoms with van der Waals surface area (Å²) in [5.74, 6) is 0.230. The zero-order valence-electron chi connectivity index (χ0n) is 15.0. The number of hydrogen-bond acceptors (Lipinski definition) is 4. The molecule has 0 bridgehead atoms. The number of benzene rings is 2. The predicted molar refractivity (Wildman–Crippen MR) is 112 cm³/mol. The number of anilines is 1. The van der Waals surface area contributed by atoms with Gasteiger partial charge in [0.15, 0.2) is 0 Å². The second kappa shape index (κ2) is 8.06. The van der Waals surface area contributed by atoms with Gasteiger partial charge in [-0.3, -0.25) is 9.59 Å². The third kappa shape index (κ3) is 4.01. The van der Waals surface area contributed by atoms with Crippen molar-refractivity contribution in [3.8, 4) is 0 Å². The van der Waals surface area contributed by atoms with Crippen LogP contribution < -0.4 is 10.9 Å². The minimum absolute atomic E-state index is 0.000392. The molecule has 2 heterocycles. The monoisotopic (exact) mass is 427 g/mol. The molecule has 4 aromatic rings. The minimum atomic E-state index is -0.291. The second-order valence-electron chi connectivity index (χ2n) is 6.36. The SMILES string of the molecule is O=C(Cc1n[nH]c(=O)c2ccccc12)Nc1ccnn1Cc1cccc(Cl)c1Cl. The van der Waals surface area contributed by atoms with Crippen LogP contribution in [-0.4, -0.2) is 25.9 Å². The van der Waals surface area contributed by atoms with Crippen LogP contribution in [0, 0.1) is 0 Å². The number of amides is 1. The number of nitrogens with one attached hydrogen (secondary N) is 2. The highest BCUT2D eigenvalue weighted by Crippen LogP contribution is 2.26. The molecule has 4 rings (SSSR count). The van der Waals surface area contributed by atoms with E-state index in [0.29, 0.717) is 38.9 Å². The lowest BCUT2D eigenvalue weighted by Gasteiger charge is -2.11. The number of H-pyrrole nitrogens is 1. The summed E-state index contributed by atoms with van der Waals surface area (Å²) in [6.07, 6.45) is 1.59. The lowest BCUT2D eigenvalue weighted by molar-refractivity contribution is -0.115. The third-order valence-electron chi connectivity index (χ3n) is 4.44.